The molecular weight excluding hydrogens is 269 g/mol. The number of anilines is 1. The normalized spacial score (nSPS) is 10.2. The number of hydrogen-bond donors (Lipinski definition) is 1. The van der Waals surface area contributed by atoms with Gasteiger partial charge in [-0.1, -0.05) is 18.2 Å². The molecule has 0 heterocycles. The lowest BCUT2D eigenvalue weighted by atomic mass is 10.2. The van der Waals surface area contributed by atoms with Crippen LogP contribution >= 0.6 is 0 Å². The second kappa shape index (κ2) is 7.53. The van der Waals surface area contributed by atoms with Crippen LogP contribution in [0.4, 0.5) is 10.1 Å². The Morgan fingerprint density at radius 1 is 1.00 bits per heavy atom. The molecule has 0 unspecified atom stereocenters. The van der Waals surface area contributed by atoms with Gasteiger partial charge in [0, 0.05) is 18.2 Å². The summed E-state index contributed by atoms with van der Waals surface area (Å²) in [5.74, 6) is 1.28. The maximum absolute atomic E-state index is 13.6. The van der Waals surface area contributed by atoms with E-state index in [-0.39, 0.29) is 5.82 Å². The van der Waals surface area contributed by atoms with Crippen LogP contribution in [0.2, 0.25) is 0 Å². The topological polar surface area (TPSA) is 30.5 Å². The lowest BCUT2D eigenvalue weighted by molar-refractivity contribution is 0.332. The second-order valence-electron chi connectivity index (χ2n) is 4.47. The maximum atomic E-state index is 13.6. The summed E-state index contributed by atoms with van der Waals surface area (Å²) < 4.78 is 24.7. The van der Waals surface area contributed by atoms with Crippen molar-refractivity contribution in [2.75, 3.05) is 18.5 Å². The van der Waals surface area contributed by atoms with E-state index in [1.54, 1.807) is 12.1 Å². The highest BCUT2D eigenvalue weighted by Gasteiger charge is 2.07. The SMILES string of the molecule is CCOc1ccc(OCC)c(NCc2ccccc2F)c1. The van der Waals surface area contributed by atoms with Crippen molar-refractivity contribution in [3.05, 3.63) is 53.8 Å². The van der Waals surface area contributed by atoms with Crippen molar-refractivity contribution in [2.45, 2.75) is 20.4 Å². The van der Waals surface area contributed by atoms with Crippen LogP contribution in [0, 0.1) is 5.82 Å². The van der Waals surface area contributed by atoms with Crippen LogP contribution in [0.25, 0.3) is 0 Å². The zero-order valence-corrected chi connectivity index (χ0v) is 12.4. The molecule has 0 saturated heterocycles. The minimum absolute atomic E-state index is 0.219. The third-order valence-corrected chi connectivity index (χ3v) is 2.99. The van der Waals surface area contributed by atoms with E-state index in [0.717, 1.165) is 17.2 Å². The first-order chi connectivity index (χ1) is 10.2. The predicted octanol–water partition coefficient (Wildman–Crippen LogP) is 4.24. The number of rotatable bonds is 7. The van der Waals surface area contributed by atoms with Crippen molar-refractivity contribution in [3.8, 4) is 11.5 Å². The van der Waals surface area contributed by atoms with Gasteiger partial charge in [-0.25, -0.2) is 4.39 Å². The summed E-state index contributed by atoms with van der Waals surface area (Å²) in [6, 6.07) is 12.3. The average molecular weight is 289 g/mol. The average Bonchev–Trinajstić information content (AvgIpc) is 2.49. The van der Waals surface area contributed by atoms with E-state index in [2.05, 4.69) is 5.32 Å². The Kier molecular flexibility index (Phi) is 5.43. The highest BCUT2D eigenvalue weighted by atomic mass is 19.1. The molecule has 0 aliphatic heterocycles. The summed E-state index contributed by atoms with van der Waals surface area (Å²) in [6.07, 6.45) is 0. The molecule has 2 aromatic carbocycles. The number of ether oxygens (including phenoxy) is 2. The quantitative estimate of drug-likeness (QED) is 0.827. The zero-order chi connectivity index (χ0) is 15.1. The number of benzene rings is 2. The lowest BCUT2D eigenvalue weighted by Gasteiger charge is -2.14. The lowest BCUT2D eigenvalue weighted by Crippen LogP contribution is -2.05. The second-order valence-corrected chi connectivity index (χ2v) is 4.47. The molecule has 4 heteroatoms. The Morgan fingerprint density at radius 2 is 1.76 bits per heavy atom. The molecule has 0 atom stereocenters. The Bertz CT molecular complexity index is 587. The van der Waals surface area contributed by atoms with Crippen LogP contribution in [0.3, 0.4) is 0 Å². The molecule has 2 aromatic rings. The van der Waals surface area contributed by atoms with Crippen molar-refractivity contribution in [1.82, 2.24) is 0 Å². The van der Waals surface area contributed by atoms with Gasteiger partial charge in [-0.3, -0.25) is 0 Å². The minimum Gasteiger partial charge on any atom is -0.494 e. The Morgan fingerprint density at radius 3 is 2.48 bits per heavy atom. The van der Waals surface area contributed by atoms with Crippen molar-refractivity contribution in [2.24, 2.45) is 0 Å². The van der Waals surface area contributed by atoms with E-state index in [9.17, 15) is 4.39 Å². The summed E-state index contributed by atoms with van der Waals surface area (Å²) in [5, 5.41) is 3.21. The van der Waals surface area contributed by atoms with E-state index in [1.807, 2.05) is 38.1 Å². The minimum atomic E-state index is -0.219. The van der Waals surface area contributed by atoms with Gasteiger partial charge in [0.2, 0.25) is 0 Å². The smallest absolute Gasteiger partial charge is 0.142 e. The van der Waals surface area contributed by atoms with Crippen molar-refractivity contribution >= 4 is 5.69 Å². The number of halogens is 1. The summed E-state index contributed by atoms with van der Waals surface area (Å²) in [7, 11) is 0. The van der Waals surface area contributed by atoms with Crippen LogP contribution in [-0.2, 0) is 6.54 Å². The molecule has 0 saturated carbocycles. The molecule has 0 aromatic heterocycles. The van der Waals surface area contributed by atoms with Gasteiger partial charge in [-0.05, 0) is 32.0 Å². The highest BCUT2D eigenvalue weighted by Crippen LogP contribution is 2.30. The van der Waals surface area contributed by atoms with Crippen LogP contribution in [0.1, 0.15) is 19.4 Å². The van der Waals surface area contributed by atoms with Gasteiger partial charge < -0.3 is 14.8 Å². The Balaban J connectivity index is 2.16. The molecule has 0 spiro atoms. The fraction of sp³-hybridized carbons (Fsp3) is 0.294. The van der Waals surface area contributed by atoms with Crippen LogP contribution in [0.5, 0.6) is 11.5 Å². The highest BCUT2D eigenvalue weighted by molar-refractivity contribution is 5.60. The fourth-order valence-corrected chi connectivity index (χ4v) is 2.02. The fourth-order valence-electron chi connectivity index (χ4n) is 2.02. The molecule has 112 valence electrons. The summed E-state index contributed by atoms with van der Waals surface area (Å²) in [4.78, 5) is 0. The molecule has 0 radical (unpaired) electrons. The summed E-state index contributed by atoms with van der Waals surface area (Å²) >= 11 is 0. The third kappa shape index (κ3) is 4.12. The van der Waals surface area contributed by atoms with Gasteiger partial charge in [0.1, 0.15) is 17.3 Å². The molecule has 21 heavy (non-hydrogen) atoms. The first kappa shape index (κ1) is 15.2. The third-order valence-electron chi connectivity index (χ3n) is 2.99. The first-order valence-electron chi connectivity index (χ1n) is 7.11. The molecule has 0 amide bonds. The van der Waals surface area contributed by atoms with E-state index < -0.39 is 0 Å². The van der Waals surface area contributed by atoms with Crippen LogP contribution in [-0.4, -0.2) is 13.2 Å². The van der Waals surface area contributed by atoms with Gasteiger partial charge in [0.05, 0.1) is 18.9 Å². The first-order valence-corrected chi connectivity index (χ1v) is 7.11. The number of nitrogens with one attached hydrogen (secondary N) is 1. The zero-order valence-electron chi connectivity index (χ0n) is 12.4. The molecule has 0 aliphatic rings. The van der Waals surface area contributed by atoms with Gasteiger partial charge in [0.25, 0.3) is 0 Å². The van der Waals surface area contributed by atoms with Gasteiger partial charge in [0.15, 0.2) is 0 Å². The molecular formula is C17H20FNO2. The number of hydrogen-bond acceptors (Lipinski definition) is 3. The van der Waals surface area contributed by atoms with Gasteiger partial charge in [-0.15, -0.1) is 0 Å². The van der Waals surface area contributed by atoms with Crippen LogP contribution in [0.15, 0.2) is 42.5 Å². The van der Waals surface area contributed by atoms with E-state index >= 15 is 0 Å². The van der Waals surface area contributed by atoms with Gasteiger partial charge >= 0.3 is 0 Å². The van der Waals surface area contributed by atoms with E-state index in [4.69, 9.17) is 9.47 Å². The molecule has 0 fully saturated rings. The van der Waals surface area contributed by atoms with Crippen molar-refractivity contribution < 1.29 is 13.9 Å². The Hall–Kier alpha value is -2.23. The Labute approximate surface area is 124 Å². The molecule has 2 rings (SSSR count). The summed E-state index contributed by atoms with van der Waals surface area (Å²) in [5.41, 5.74) is 1.41. The maximum Gasteiger partial charge on any atom is 0.142 e. The molecule has 3 nitrogen and oxygen atoms in total. The summed E-state index contributed by atoms with van der Waals surface area (Å²) in [6.45, 7) is 5.42. The van der Waals surface area contributed by atoms with Crippen molar-refractivity contribution in [1.29, 1.82) is 0 Å². The molecule has 1 N–H and O–H groups in total. The largest absolute Gasteiger partial charge is 0.494 e. The van der Waals surface area contributed by atoms with Crippen LogP contribution < -0.4 is 14.8 Å². The van der Waals surface area contributed by atoms with E-state index in [1.165, 1.54) is 6.07 Å². The molecule has 0 aliphatic carbocycles. The standard InChI is InChI=1S/C17H20FNO2/c1-3-20-14-9-10-17(21-4-2)16(11-14)19-12-13-7-5-6-8-15(13)18/h5-11,19H,3-4,12H2,1-2H3. The van der Waals surface area contributed by atoms with Crippen molar-refractivity contribution in [3.63, 3.8) is 0 Å². The monoisotopic (exact) mass is 289 g/mol. The molecule has 0 bridgehead atoms. The predicted molar refractivity (Wildman–Crippen MR) is 82.5 cm³/mol. The van der Waals surface area contributed by atoms with Gasteiger partial charge in [-0.2, -0.15) is 0 Å². The van der Waals surface area contributed by atoms with E-state index in [0.29, 0.717) is 25.3 Å².